The van der Waals surface area contributed by atoms with E-state index < -0.39 is 0 Å². The molecule has 0 saturated carbocycles. The molecule has 1 fully saturated rings. The topological polar surface area (TPSA) is 44.4 Å². The molecule has 1 heterocycles. The Morgan fingerprint density at radius 3 is 2.44 bits per heavy atom. The van der Waals surface area contributed by atoms with Crippen molar-refractivity contribution in [3.63, 3.8) is 0 Å². The fourth-order valence-electron chi connectivity index (χ4n) is 3.42. The minimum atomic E-state index is 0. The summed E-state index contributed by atoms with van der Waals surface area (Å²) in [6.07, 6.45) is 2.83. The maximum absolute atomic E-state index is 12.6. The van der Waals surface area contributed by atoms with Gasteiger partial charge >= 0.3 is 0 Å². The first-order chi connectivity index (χ1) is 12.8. The van der Waals surface area contributed by atoms with Gasteiger partial charge in [-0.3, -0.25) is 4.79 Å². The maximum atomic E-state index is 12.6. The number of nitrogens with zero attached hydrogens (tertiary/aromatic N) is 1. The highest BCUT2D eigenvalue weighted by Gasteiger charge is 2.12. The molecule has 0 spiro atoms. The van der Waals surface area contributed by atoms with Crippen LogP contribution in [0.25, 0.3) is 0 Å². The lowest BCUT2D eigenvalue weighted by molar-refractivity contribution is 0.0950. The smallest absolute Gasteiger partial charge is 0.251 e. The molecule has 5 heteroatoms. The van der Waals surface area contributed by atoms with Gasteiger partial charge in [0, 0.05) is 38.3 Å². The zero-order chi connectivity index (χ0) is 18.0. The molecule has 0 atom stereocenters. The number of carbonyl (C=O) groups is 1. The SMILES string of the molecule is Cl.O=C(NCCCN1CCNCC1)c1ccccc1CCc1ccccc1. The zero-order valence-electron chi connectivity index (χ0n) is 15.8. The minimum absolute atomic E-state index is 0. The fraction of sp³-hybridized carbons (Fsp3) is 0.409. The van der Waals surface area contributed by atoms with E-state index in [0.29, 0.717) is 0 Å². The molecule has 0 bridgehead atoms. The van der Waals surface area contributed by atoms with Crippen molar-refractivity contribution in [1.82, 2.24) is 15.5 Å². The number of hydrogen-bond acceptors (Lipinski definition) is 3. The van der Waals surface area contributed by atoms with Gasteiger partial charge in [-0.05, 0) is 43.0 Å². The summed E-state index contributed by atoms with van der Waals surface area (Å²) >= 11 is 0. The Labute approximate surface area is 168 Å². The second-order valence-corrected chi connectivity index (χ2v) is 6.84. The average molecular weight is 388 g/mol. The van der Waals surface area contributed by atoms with Crippen LogP contribution in [0.1, 0.15) is 27.9 Å². The first kappa shape index (κ1) is 21.4. The molecule has 146 valence electrons. The number of hydrogen-bond donors (Lipinski definition) is 2. The molecule has 1 saturated heterocycles. The second kappa shape index (κ2) is 11.8. The van der Waals surface area contributed by atoms with Crippen molar-refractivity contribution in [1.29, 1.82) is 0 Å². The zero-order valence-corrected chi connectivity index (χ0v) is 16.6. The molecule has 3 rings (SSSR count). The van der Waals surface area contributed by atoms with Crippen LogP contribution in [0, 0.1) is 0 Å². The summed E-state index contributed by atoms with van der Waals surface area (Å²) in [4.78, 5) is 15.0. The molecule has 0 radical (unpaired) electrons. The van der Waals surface area contributed by atoms with Gasteiger partial charge in [0.15, 0.2) is 0 Å². The summed E-state index contributed by atoms with van der Waals surface area (Å²) in [6.45, 7) is 6.14. The van der Waals surface area contributed by atoms with E-state index in [1.807, 2.05) is 24.3 Å². The van der Waals surface area contributed by atoms with Crippen LogP contribution in [-0.4, -0.2) is 50.1 Å². The van der Waals surface area contributed by atoms with Gasteiger partial charge in [0.2, 0.25) is 0 Å². The van der Waals surface area contributed by atoms with Crippen LogP contribution >= 0.6 is 12.4 Å². The quantitative estimate of drug-likeness (QED) is 0.684. The lowest BCUT2D eigenvalue weighted by Gasteiger charge is -2.27. The van der Waals surface area contributed by atoms with Crippen LogP contribution in [-0.2, 0) is 12.8 Å². The van der Waals surface area contributed by atoms with Gasteiger partial charge in [-0.2, -0.15) is 0 Å². The number of piperazine rings is 1. The van der Waals surface area contributed by atoms with Crippen LogP contribution < -0.4 is 10.6 Å². The number of rotatable bonds is 8. The number of benzene rings is 2. The lowest BCUT2D eigenvalue weighted by atomic mass is 9.99. The van der Waals surface area contributed by atoms with Crippen LogP contribution in [0.2, 0.25) is 0 Å². The normalized spacial score (nSPS) is 14.4. The van der Waals surface area contributed by atoms with Crippen molar-refractivity contribution >= 4 is 18.3 Å². The van der Waals surface area contributed by atoms with Gasteiger partial charge in [0.05, 0.1) is 0 Å². The molecule has 2 aromatic carbocycles. The second-order valence-electron chi connectivity index (χ2n) is 6.84. The van der Waals surface area contributed by atoms with E-state index in [1.54, 1.807) is 0 Å². The Bertz CT molecular complexity index is 687. The number of carbonyl (C=O) groups excluding carboxylic acids is 1. The van der Waals surface area contributed by atoms with E-state index in [2.05, 4.69) is 45.9 Å². The fourth-order valence-corrected chi connectivity index (χ4v) is 3.42. The van der Waals surface area contributed by atoms with E-state index in [4.69, 9.17) is 0 Å². The highest BCUT2D eigenvalue weighted by atomic mass is 35.5. The van der Waals surface area contributed by atoms with Crippen LogP contribution in [0.3, 0.4) is 0 Å². The summed E-state index contributed by atoms with van der Waals surface area (Å²) < 4.78 is 0. The lowest BCUT2D eigenvalue weighted by Crippen LogP contribution is -2.44. The first-order valence-electron chi connectivity index (χ1n) is 9.66. The maximum Gasteiger partial charge on any atom is 0.251 e. The molecule has 0 aliphatic carbocycles. The third-order valence-corrected chi connectivity index (χ3v) is 4.93. The number of nitrogens with one attached hydrogen (secondary N) is 2. The molecule has 2 N–H and O–H groups in total. The van der Waals surface area contributed by atoms with Gasteiger partial charge in [0.25, 0.3) is 5.91 Å². The van der Waals surface area contributed by atoms with E-state index in [9.17, 15) is 4.79 Å². The summed E-state index contributed by atoms with van der Waals surface area (Å²) in [5.74, 6) is 0.0500. The first-order valence-corrected chi connectivity index (χ1v) is 9.66. The molecule has 2 aromatic rings. The Kier molecular flexibility index (Phi) is 9.32. The number of aryl methyl sites for hydroxylation is 2. The summed E-state index contributed by atoms with van der Waals surface area (Å²) in [7, 11) is 0. The Morgan fingerprint density at radius 1 is 0.963 bits per heavy atom. The van der Waals surface area contributed by atoms with Crippen molar-refractivity contribution in [2.24, 2.45) is 0 Å². The van der Waals surface area contributed by atoms with Gasteiger partial charge in [-0.25, -0.2) is 0 Å². The summed E-state index contributed by atoms with van der Waals surface area (Å²) in [5, 5.41) is 6.46. The highest BCUT2D eigenvalue weighted by Crippen LogP contribution is 2.13. The van der Waals surface area contributed by atoms with E-state index in [-0.39, 0.29) is 18.3 Å². The molecule has 4 nitrogen and oxygen atoms in total. The predicted molar refractivity (Wildman–Crippen MR) is 114 cm³/mol. The van der Waals surface area contributed by atoms with Crippen LogP contribution in [0.4, 0.5) is 0 Å². The van der Waals surface area contributed by atoms with Crippen molar-refractivity contribution in [3.8, 4) is 0 Å². The van der Waals surface area contributed by atoms with E-state index in [0.717, 1.165) is 69.7 Å². The van der Waals surface area contributed by atoms with Crippen LogP contribution in [0.15, 0.2) is 54.6 Å². The molecule has 1 amide bonds. The van der Waals surface area contributed by atoms with Gasteiger partial charge in [-0.15, -0.1) is 12.4 Å². The van der Waals surface area contributed by atoms with Crippen molar-refractivity contribution in [2.45, 2.75) is 19.3 Å². The van der Waals surface area contributed by atoms with Gasteiger partial charge in [0.1, 0.15) is 0 Å². The number of halogens is 1. The molecule has 0 unspecified atom stereocenters. The van der Waals surface area contributed by atoms with Gasteiger partial charge in [-0.1, -0.05) is 48.5 Å². The number of amides is 1. The largest absolute Gasteiger partial charge is 0.352 e. The van der Waals surface area contributed by atoms with Crippen molar-refractivity contribution in [3.05, 3.63) is 71.3 Å². The molecule has 0 aromatic heterocycles. The van der Waals surface area contributed by atoms with E-state index >= 15 is 0 Å². The molecule has 27 heavy (non-hydrogen) atoms. The third-order valence-electron chi connectivity index (χ3n) is 4.93. The Hall–Kier alpha value is -1.88. The minimum Gasteiger partial charge on any atom is -0.352 e. The van der Waals surface area contributed by atoms with Gasteiger partial charge < -0.3 is 15.5 Å². The van der Waals surface area contributed by atoms with Crippen molar-refractivity contribution < 1.29 is 4.79 Å². The molecule has 1 aliphatic rings. The third kappa shape index (κ3) is 6.98. The Morgan fingerprint density at radius 2 is 1.67 bits per heavy atom. The average Bonchev–Trinajstić information content (AvgIpc) is 2.71. The predicted octanol–water partition coefficient (Wildman–Crippen LogP) is 2.92. The monoisotopic (exact) mass is 387 g/mol. The summed E-state index contributed by atoms with van der Waals surface area (Å²) in [6, 6.07) is 18.4. The standard InChI is InChI=1S/C22H29N3O.ClH/c26-22(24-13-6-16-25-17-14-23-15-18-25)21-10-5-4-9-20(21)12-11-19-7-2-1-3-8-19;/h1-5,7-10,23H,6,11-18H2,(H,24,26);1H. The van der Waals surface area contributed by atoms with E-state index in [1.165, 1.54) is 5.56 Å². The molecular weight excluding hydrogens is 358 g/mol. The summed E-state index contributed by atoms with van der Waals surface area (Å²) in [5.41, 5.74) is 3.24. The Balaban J connectivity index is 0.00000261. The molecule has 1 aliphatic heterocycles. The van der Waals surface area contributed by atoms with Crippen molar-refractivity contribution in [2.75, 3.05) is 39.3 Å². The van der Waals surface area contributed by atoms with Crippen LogP contribution in [0.5, 0.6) is 0 Å². The molecular formula is C22H30ClN3O. The highest BCUT2D eigenvalue weighted by molar-refractivity contribution is 5.95.